The predicted octanol–water partition coefficient (Wildman–Crippen LogP) is 5.74. The van der Waals surface area contributed by atoms with E-state index in [4.69, 9.17) is 18.9 Å². The summed E-state index contributed by atoms with van der Waals surface area (Å²) in [4.78, 5) is 17.6. The maximum Gasteiger partial charge on any atom is 0.412 e. The molecule has 0 saturated carbocycles. The van der Waals surface area contributed by atoms with Gasteiger partial charge in [-0.2, -0.15) is 0 Å². The molecule has 0 bridgehead atoms. The van der Waals surface area contributed by atoms with Gasteiger partial charge in [-0.15, -0.1) is 0 Å². The quantitative estimate of drug-likeness (QED) is 0.359. The minimum absolute atomic E-state index is 0.184. The van der Waals surface area contributed by atoms with E-state index in [1.165, 1.54) is 4.90 Å². The molecule has 174 valence electrons. The third kappa shape index (κ3) is 4.80. The maximum atomic E-state index is 11.9. The van der Waals surface area contributed by atoms with Crippen LogP contribution < -0.4 is 23.8 Å². The second kappa shape index (κ2) is 9.99. The van der Waals surface area contributed by atoms with Crippen LogP contribution in [0.25, 0.3) is 10.9 Å². The zero-order chi connectivity index (χ0) is 24.1. The summed E-state index contributed by atoms with van der Waals surface area (Å²) >= 11 is 0. The number of nitrogens with zero attached hydrogens (tertiary/aromatic N) is 2. The van der Waals surface area contributed by atoms with Gasteiger partial charge in [0.05, 0.1) is 33.4 Å². The monoisotopic (exact) mass is 460 g/mol. The summed E-state index contributed by atoms with van der Waals surface area (Å²) in [5.74, 6) is 2.96. The van der Waals surface area contributed by atoms with Gasteiger partial charge < -0.3 is 24.1 Å². The van der Waals surface area contributed by atoms with E-state index in [1.807, 2.05) is 30.3 Å². The molecule has 34 heavy (non-hydrogen) atoms. The van der Waals surface area contributed by atoms with E-state index in [0.717, 1.165) is 10.9 Å². The molecule has 0 aliphatic heterocycles. The second-order valence-electron chi connectivity index (χ2n) is 7.35. The van der Waals surface area contributed by atoms with Crippen LogP contribution >= 0.6 is 0 Å². The van der Waals surface area contributed by atoms with Gasteiger partial charge in [-0.05, 0) is 54.1 Å². The fourth-order valence-electron chi connectivity index (χ4n) is 3.58. The number of amides is 1. The summed E-state index contributed by atoms with van der Waals surface area (Å²) < 4.78 is 22.1. The lowest BCUT2D eigenvalue weighted by Crippen LogP contribution is -2.28. The summed E-state index contributed by atoms with van der Waals surface area (Å²) in [5, 5.41) is 10.5. The van der Waals surface area contributed by atoms with Crippen molar-refractivity contribution in [3.63, 3.8) is 0 Å². The highest BCUT2D eigenvalue weighted by Crippen LogP contribution is 2.37. The largest absolute Gasteiger partial charge is 0.497 e. The van der Waals surface area contributed by atoms with Gasteiger partial charge in [-0.1, -0.05) is 12.1 Å². The molecule has 0 atom stereocenters. The predicted molar refractivity (Wildman–Crippen MR) is 129 cm³/mol. The van der Waals surface area contributed by atoms with Crippen molar-refractivity contribution in [1.29, 1.82) is 0 Å². The van der Waals surface area contributed by atoms with Crippen LogP contribution in [0.1, 0.15) is 5.56 Å². The van der Waals surface area contributed by atoms with Crippen molar-refractivity contribution in [2.45, 2.75) is 6.54 Å². The van der Waals surface area contributed by atoms with Crippen LogP contribution in [0.4, 0.5) is 10.5 Å². The molecule has 1 N–H and O–H groups in total. The van der Waals surface area contributed by atoms with Crippen molar-refractivity contribution in [2.75, 3.05) is 26.2 Å². The number of aromatic nitrogens is 1. The molecule has 0 unspecified atom stereocenters. The SMILES string of the molecule is COc1cccc(CN(C(=O)O)c2ccc(Oc3ccnc4cc(OC)c(OC)cc34)cc2)c1. The Labute approximate surface area is 196 Å². The van der Waals surface area contributed by atoms with Gasteiger partial charge in [0.15, 0.2) is 11.5 Å². The highest BCUT2D eigenvalue weighted by atomic mass is 16.5. The van der Waals surface area contributed by atoms with E-state index >= 15 is 0 Å². The van der Waals surface area contributed by atoms with Crippen LogP contribution in [0, 0.1) is 0 Å². The van der Waals surface area contributed by atoms with E-state index < -0.39 is 6.09 Å². The molecule has 0 fully saturated rings. The Morgan fingerprint density at radius 2 is 1.59 bits per heavy atom. The molecule has 1 aromatic heterocycles. The molecule has 1 heterocycles. The van der Waals surface area contributed by atoms with Crippen molar-refractivity contribution in [3.8, 4) is 28.7 Å². The smallest absolute Gasteiger partial charge is 0.412 e. The number of anilines is 1. The van der Waals surface area contributed by atoms with Crippen LogP contribution in [-0.4, -0.2) is 37.5 Å². The summed E-state index contributed by atoms with van der Waals surface area (Å²) in [6, 6.07) is 19.5. The first kappa shape index (κ1) is 22.7. The van der Waals surface area contributed by atoms with Crippen molar-refractivity contribution in [1.82, 2.24) is 4.98 Å². The molecule has 3 aromatic carbocycles. The molecule has 0 aliphatic carbocycles. The number of fused-ring (bicyclic) bond motifs is 1. The van der Waals surface area contributed by atoms with E-state index in [1.54, 1.807) is 63.9 Å². The van der Waals surface area contributed by atoms with Crippen LogP contribution in [0.15, 0.2) is 72.9 Å². The van der Waals surface area contributed by atoms with Gasteiger partial charge in [-0.25, -0.2) is 4.79 Å². The highest BCUT2D eigenvalue weighted by Gasteiger charge is 2.16. The lowest BCUT2D eigenvalue weighted by atomic mass is 10.1. The Morgan fingerprint density at radius 1 is 0.853 bits per heavy atom. The Hall–Kier alpha value is -4.46. The number of benzene rings is 3. The van der Waals surface area contributed by atoms with E-state index in [9.17, 15) is 9.90 Å². The molecule has 1 amide bonds. The van der Waals surface area contributed by atoms with Crippen LogP contribution in [-0.2, 0) is 6.54 Å². The Bertz CT molecular complexity index is 1310. The third-order valence-electron chi connectivity index (χ3n) is 5.29. The van der Waals surface area contributed by atoms with Crippen LogP contribution in [0.2, 0.25) is 0 Å². The number of carboxylic acid groups (broad SMARTS) is 1. The molecule has 8 heteroatoms. The molecular weight excluding hydrogens is 436 g/mol. The molecule has 0 saturated heterocycles. The van der Waals surface area contributed by atoms with Crippen molar-refractivity contribution < 1.29 is 28.8 Å². The molecule has 4 aromatic rings. The number of methoxy groups -OCH3 is 3. The number of pyridine rings is 1. The van der Waals surface area contributed by atoms with E-state index in [2.05, 4.69) is 4.98 Å². The first-order valence-corrected chi connectivity index (χ1v) is 10.4. The molecule has 0 spiro atoms. The van der Waals surface area contributed by atoms with Gasteiger partial charge in [0.2, 0.25) is 0 Å². The molecule has 0 radical (unpaired) electrons. The Balaban J connectivity index is 1.58. The first-order chi connectivity index (χ1) is 16.5. The van der Waals surface area contributed by atoms with Crippen LogP contribution in [0.3, 0.4) is 0 Å². The van der Waals surface area contributed by atoms with Gasteiger partial charge in [-0.3, -0.25) is 9.88 Å². The van der Waals surface area contributed by atoms with Crippen molar-refractivity contribution >= 4 is 22.7 Å². The normalized spacial score (nSPS) is 10.6. The number of rotatable bonds is 8. The zero-order valence-electron chi connectivity index (χ0n) is 19.0. The lowest BCUT2D eigenvalue weighted by molar-refractivity contribution is 0.201. The summed E-state index contributed by atoms with van der Waals surface area (Å²) in [7, 11) is 4.71. The minimum Gasteiger partial charge on any atom is -0.497 e. The number of hydrogen-bond acceptors (Lipinski definition) is 6. The summed E-state index contributed by atoms with van der Waals surface area (Å²) in [6.07, 6.45) is 0.593. The minimum atomic E-state index is -1.06. The topological polar surface area (TPSA) is 90.4 Å². The summed E-state index contributed by atoms with van der Waals surface area (Å²) in [5.41, 5.74) is 2.03. The molecular formula is C26H24N2O6. The molecule has 0 aliphatic rings. The number of hydrogen-bond donors (Lipinski definition) is 1. The average Bonchev–Trinajstić information content (AvgIpc) is 2.87. The number of ether oxygens (including phenoxy) is 4. The zero-order valence-corrected chi connectivity index (χ0v) is 19.0. The van der Waals surface area contributed by atoms with Crippen LogP contribution in [0.5, 0.6) is 28.7 Å². The van der Waals surface area contributed by atoms with Crippen molar-refractivity contribution in [2.24, 2.45) is 0 Å². The van der Waals surface area contributed by atoms with Gasteiger partial charge in [0.1, 0.15) is 17.2 Å². The standard InChI is InChI=1S/C26H24N2O6/c1-31-20-6-4-5-17(13-20)16-28(26(29)30)18-7-9-19(10-8-18)34-23-11-12-27-22-15-25(33-3)24(32-2)14-21(22)23/h4-15H,16H2,1-3H3,(H,29,30). The highest BCUT2D eigenvalue weighted by molar-refractivity contribution is 5.88. The van der Waals surface area contributed by atoms with Gasteiger partial charge in [0, 0.05) is 23.3 Å². The fourth-order valence-corrected chi connectivity index (χ4v) is 3.58. The average molecular weight is 460 g/mol. The Morgan fingerprint density at radius 3 is 2.26 bits per heavy atom. The second-order valence-corrected chi connectivity index (χ2v) is 7.35. The van der Waals surface area contributed by atoms with E-state index in [-0.39, 0.29) is 6.54 Å². The third-order valence-corrected chi connectivity index (χ3v) is 5.29. The maximum absolute atomic E-state index is 11.9. The lowest BCUT2D eigenvalue weighted by Gasteiger charge is -2.20. The number of carbonyl (C=O) groups is 1. The molecule has 8 nitrogen and oxygen atoms in total. The van der Waals surface area contributed by atoms with Crippen molar-refractivity contribution in [3.05, 3.63) is 78.5 Å². The van der Waals surface area contributed by atoms with E-state index in [0.29, 0.717) is 40.0 Å². The summed E-state index contributed by atoms with van der Waals surface area (Å²) in [6.45, 7) is 0.184. The molecule has 4 rings (SSSR count). The Kier molecular flexibility index (Phi) is 6.68. The van der Waals surface area contributed by atoms with Gasteiger partial charge >= 0.3 is 6.09 Å². The fraction of sp³-hybridized carbons (Fsp3) is 0.154. The van der Waals surface area contributed by atoms with Gasteiger partial charge in [0.25, 0.3) is 0 Å². The first-order valence-electron chi connectivity index (χ1n) is 10.4.